The molecule has 7 N–H and O–H groups in total. The van der Waals surface area contributed by atoms with Crippen LogP contribution in [-0.4, -0.2) is 60.4 Å². The second-order valence-corrected chi connectivity index (χ2v) is 1.11. The monoisotopic (exact) mass is 320 g/mol. The van der Waals surface area contributed by atoms with Crippen LogP contribution in [0.3, 0.4) is 0 Å². The van der Waals surface area contributed by atoms with Gasteiger partial charge in [-0.3, -0.25) is 0 Å². The SMILES string of the molecule is O=C(O)O.O=C(O)O.O=C(O)O.O=C([O-])O.P.[K+]. The minimum absolute atomic E-state index is 0. The summed E-state index contributed by atoms with van der Waals surface area (Å²) in [5.74, 6) is 0. The Labute approximate surface area is 145 Å². The van der Waals surface area contributed by atoms with Gasteiger partial charge < -0.3 is 45.6 Å². The maximum absolute atomic E-state index is 8.56. The van der Waals surface area contributed by atoms with E-state index >= 15 is 0 Å². The van der Waals surface area contributed by atoms with Crippen molar-refractivity contribution >= 4 is 34.5 Å². The predicted octanol–water partition coefficient (Wildman–Crippen LogP) is -3.38. The topological polar surface area (TPSA) is 233 Å². The smallest absolute Gasteiger partial charge is 0.565 e. The van der Waals surface area contributed by atoms with Crippen molar-refractivity contribution in [1.29, 1.82) is 0 Å². The summed E-state index contributed by atoms with van der Waals surface area (Å²) in [6.07, 6.45) is -7.58. The molecule has 0 amide bonds. The Morgan fingerprint density at radius 3 is 0.611 bits per heavy atom. The van der Waals surface area contributed by atoms with Crippen molar-refractivity contribution in [3.63, 3.8) is 0 Å². The molecule has 1 unspecified atom stereocenters. The second kappa shape index (κ2) is 29.8. The van der Waals surface area contributed by atoms with Gasteiger partial charge in [0.25, 0.3) is 0 Å². The molecule has 0 aromatic heterocycles. The number of carboxylic acid groups (broad SMARTS) is 8. The fourth-order valence-electron chi connectivity index (χ4n) is 0. The van der Waals surface area contributed by atoms with E-state index in [1.54, 1.807) is 0 Å². The summed E-state index contributed by atoms with van der Waals surface area (Å²) in [4.78, 5) is 34.1. The summed E-state index contributed by atoms with van der Waals surface area (Å²) in [6.45, 7) is 0. The van der Waals surface area contributed by atoms with Crippen LogP contribution in [0.5, 0.6) is 0 Å². The van der Waals surface area contributed by atoms with Crippen molar-refractivity contribution in [3.8, 4) is 0 Å². The van der Waals surface area contributed by atoms with Gasteiger partial charge in [-0.1, -0.05) is 0 Å². The molecule has 0 aromatic carbocycles. The van der Waals surface area contributed by atoms with Gasteiger partial charge >= 0.3 is 69.9 Å². The molecule has 0 bridgehead atoms. The molecule has 0 spiro atoms. The largest absolute Gasteiger partial charge is 1.00 e. The van der Waals surface area contributed by atoms with E-state index in [4.69, 9.17) is 60.0 Å². The molecule has 18 heavy (non-hydrogen) atoms. The van der Waals surface area contributed by atoms with Crippen molar-refractivity contribution in [1.82, 2.24) is 0 Å². The third-order valence-electron chi connectivity index (χ3n) is 0. The summed E-state index contributed by atoms with van der Waals surface area (Å²) in [5.41, 5.74) is 0. The molecule has 0 aliphatic carbocycles. The van der Waals surface area contributed by atoms with Crippen LogP contribution in [0.25, 0.3) is 0 Å². The number of hydrogen-bond donors (Lipinski definition) is 7. The number of carbonyl (C=O) groups is 4. The van der Waals surface area contributed by atoms with E-state index in [0.717, 1.165) is 0 Å². The molecule has 0 rings (SSSR count). The predicted molar refractivity (Wildman–Crippen MR) is 51.1 cm³/mol. The first kappa shape index (κ1) is 36.0. The Balaban J connectivity index is -0.0000000257. The van der Waals surface area contributed by atoms with Crippen molar-refractivity contribution in [2.45, 2.75) is 0 Å². The van der Waals surface area contributed by atoms with Crippen LogP contribution in [0.2, 0.25) is 0 Å². The molecule has 0 radical (unpaired) electrons. The Morgan fingerprint density at radius 2 is 0.611 bits per heavy atom. The maximum Gasteiger partial charge on any atom is 1.00 e. The quantitative estimate of drug-likeness (QED) is 0.171. The summed E-state index contributed by atoms with van der Waals surface area (Å²) in [5, 5.41) is 57.1. The van der Waals surface area contributed by atoms with Gasteiger partial charge in [0.1, 0.15) is 0 Å². The van der Waals surface area contributed by atoms with Gasteiger partial charge in [0, 0.05) is 0 Å². The molecule has 0 aliphatic heterocycles. The van der Waals surface area contributed by atoms with E-state index in [0.29, 0.717) is 0 Å². The summed E-state index contributed by atoms with van der Waals surface area (Å²) < 4.78 is 0. The third kappa shape index (κ3) is 4160. The second-order valence-electron chi connectivity index (χ2n) is 1.11. The molecule has 0 saturated carbocycles. The maximum atomic E-state index is 8.56. The van der Waals surface area contributed by atoms with E-state index in [-0.39, 0.29) is 61.3 Å². The van der Waals surface area contributed by atoms with E-state index in [9.17, 15) is 0 Å². The van der Waals surface area contributed by atoms with Crippen LogP contribution in [-0.2, 0) is 0 Å². The molecule has 14 heteroatoms. The van der Waals surface area contributed by atoms with Crippen molar-refractivity contribution in [2.75, 3.05) is 0 Å². The normalized spacial score (nSPS) is 5.33. The van der Waals surface area contributed by atoms with Crippen LogP contribution in [0, 0.1) is 0 Å². The van der Waals surface area contributed by atoms with Gasteiger partial charge in [0.15, 0.2) is 0 Å². The van der Waals surface area contributed by atoms with Crippen LogP contribution < -0.4 is 56.5 Å². The standard InChI is InChI=1S/4CH2O3.K.H3P/c4*2-1(3)4;;/h4*(H2,2,3,4);;1H3/q;;;;+1;/p-1. The first-order valence-corrected chi connectivity index (χ1v) is 2.59. The zero-order valence-electron chi connectivity index (χ0n) is 8.88. The minimum atomic E-state index is -2.08. The van der Waals surface area contributed by atoms with E-state index in [1.165, 1.54) is 0 Å². The average Bonchev–Trinajstić information content (AvgIpc) is 1.76. The molecule has 12 nitrogen and oxygen atoms in total. The van der Waals surface area contributed by atoms with Gasteiger partial charge in [0.2, 0.25) is 6.16 Å². The van der Waals surface area contributed by atoms with E-state index in [1.807, 2.05) is 0 Å². The van der Waals surface area contributed by atoms with Gasteiger partial charge in [-0.05, 0) is 0 Å². The molecule has 0 aliphatic rings. The van der Waals surface area contributed by atoms with Gasteiger partial charge in [-0.25, -0.2) is 14.4 Å². The van der Waals surface area contributed by atoms with Gasteiger partial charge in [0.05, 0.1) is 0 Å². The third-order valence-corrected chi connectivity index (χ3v) is 0. The molecule has 0 heterocycles. The van der Waals surface area contributed by atoms with E-state index in [2.05, 4.69) is 0 Å². The average molecular weight is 320 g/mol. The first-order chi connectivity index (χ1) is 6.93. The van der Waals surface area contributed by atoms with Crippen LogP contribution in [0.15, 0.2) is 0 Å². The zero-order valence-corrected chi connectivity index (χ0v) is 13.4. The Kier molecular flexibility index (Phi) is 59.6. The zero-order chi connectivity index (χ0) is 14.3. The summed E-state index contributed by atoms with van der Waals surface area (Å²) in [6, 6.07) is 0. The molecule has 104 valence electrons. The van der Waals surface area contributed by atoms with Crippen LogP contribution in [0.4, 0.5) is 19.2 Å². The van der Waals surface area contributed by atoms with Crippen molar-refractivity contribution in [3.05, 3.63) is 0 Å². The number of hydrogen-bond acceptors (Lipinski definition) is 5. The molecule has 0 aromatic rings. The number of rotatable bonds is 0. The fourth-order valence-corrected chi connectivity index (χ4v) is 0. The Hall–Kier alpha value is -0.854. The minimum Gasteiger partial charge on any atom is -0.565 e. The van der Waals surface area contributed by atoms with Crippen molar-refractivity contribution < 1.29 is 111 Å². The Bertz CT molecular complexity index is 164. The van der Waals surface area contributed by atoms with Crippen LogP contribution >= 0.6 is 9.90 Å². The molecular weight excluding hydrogens is 310 g/mol. The van der Waals surface area contributed by atoms with Crippen molar-refractivity contribution in [2.24, 2.45) is 0 Å². The molecular formula is C4H10KO12P. The van der Waals surface area contributed by atoms with Gasteiger partial charge in [-0.2, -0.15) is 9.90 Å². The fraction of sp³-hybridized carbons (Fsp3) is 0. The van der Waals surface area contributed by atoms with E-state index < -0.39 is 24.6 Å². The molecule has 1 atom stereocenters. The molecule has 0 fully saturated rings. The summed E-state index contributed by atoms with van der Waals surface area (Å²) in [7, 11) is 0. The van der Waals surface area contributed by atoms with Crippen LogP contribution in [0.1, 0.15) is 0 Å². The molecule has 0 saturated heterocycles. The Morgan fingerprint density at radius 1 is 0.611 bits per heavy atom. The summed E-state index contributed by atoms with van der Waals surface area (Å²) >= 11 is 0. The van der Waals surface area contributed by atoms with Gasteiger partial charge in [-0.15, -0.1) is 0 Å². The first-order valence-electron chi connectivity index (χ1n) is 2.59.